The van der Waals surface area contributed by atoms with Crippen LogP contribution in [-0.2, 0) is 48.7 Å². The van der Waals surface area contributed by atoms with E-state index in [1.165, 1.54) is 0 Å². The molecule has 194 valence electrons. The van der Waals surface area contributed by atoms with E-state index in [2.05, 4.69) is 13.2 Å². The minimum Gasteiger partial charge on any atom is -0.460 e. The van der Waals surface area contributed by atoms with Gasteiger partial charge in [0, 0.05) is 23.7 Å². The molecule has 0 rings (SSSR count). The minimum atomic E-state index is -4.89. The van der Waals surface area contributed by atoms with Gasteiger partial charge in [0.15, 0.2) is 0 Å². The van der Waals surface area contributed by atoms with Crippen molar-refractivity contribution in [3.05, 3.63) is 24.0 Å². The van der Waals surface area contributed by atoms with Crippen molar-refractivity contribution < 1.29 is 45.5 Å². The van der Waals surface area contributed by atoms with Crippen LogP contribution in [0.25, 0.3) is 0 Å². The summed E-state index contributed by atoms with van der Waals surface area (Å²) in [5, 5.41) is 0.510. The zero-order valence-electron chi connectivity index (χ0n) is 20.2. The van der Waals surface area contributed by atoms with Crippen molar-refractivity contribution >= 4 is 43.8 Å². The van der Waals surface area contributed by atoms with Gasteiger partial charge >= 0.3 is 11.9 Å². The van der Waals surface area contributed by atoms with E-state index in [9.17, 15) is 36.0 Å². The fourth-order valence-electron chi connectivity index (χ4n) is 2.23. The summed E-state index contributed by atoms with van der Waals surface area (Å²) in [4.78, 5) is 49.4. The largest absolute Gasteiger partial charge is 0.460 e. The van der Waals surface area contributed by atoms with E-state index < -0.39 is 80.7 Å². The first-order valence-corrected chi connectivity index (χ1v) is 13.0. The van der Waals surface area contributed by atoms with Crippen molar-refractivity contribution in [2.45, 2.75) is 78.4 Å². The lowest BCUT2D eigenvalue weighted by molar-refractivity contribution is -0.158. The molecule has 0 heterocycles. The van der Waals surface area contributed by atoms with Crippen LogP contribution in [0.3, 0.4) is 0 Å². The van der Waals surface area contributed by atoms with E-state index in [4.69, 9.17) is 9.47 Å². The molecule has 0 radical (unpaired) electrons. The van der Waals surface area contributed by atoms with Gasteiger partial charge in [-0.15, -0.1) is 8.83 Å². The highest BCUT2D eigenvalue weighted by Crippen LogP contribution is 2.20. The van der Waals surface area contributed by atoms with Crippen LogP contribution in [0, 0.1) is 0 Å². The minimum absolute atomic E-state index is 0.255. The fourth-order valence-corrected chi connectivity index (χ4v) is 4.41. The summed E-state index contributed by atoms with van der Waals surface area (Å²) in [6, 6.07) is 0. The number of esters is 2. The van der Waals surface area contributed by atoms with Gasteiger partial charge < -0.3 is 9.47 Å². The molecular weight excluding hydrogens is 492 g/mol. The third-order valence-corrected chi connectivity index (χ3v) is 6.06. The standard InChI is InChI=1S/C20H32N2O10S2/c1-9-33(27,28)21(15(23)11-13-17(25)31-19(3,4)5)22(34(29,30)10-2)16(24)12-14-18(26)32-20(6,7)8/h9-10H,1-2,11-14H2,3-8H3. The number of amides is 2. The Morgan fingerprint density at radius 1 is 0.647 bits per heavy atom. The summed E-state index contributed by atoms with van der Waals surface area (Å²) >= 11 is 0. The van der Waals surface area contributed by atoms with E-state index in [1.807, 2.05) is 0 Å². The summed E-state index contributed by atoms with van der Waals surface area (Å²) in [5.74, 6) is -4.57. The van der Waals surface area contributed by atoms with Gasteiger partial charge in [-0.25, -0.2) is 0 Å². The maximum Gasteiger partial charge on any atom is 0.306 e. The van der Waals surface area contributed by atoms with E-state index >= 15 is 0 Å². The van der Waals surface area contributed by atoms with E-state index in [1.54, 1.807) is 41.5 Å². The number of rotatable bonds is 10. The quantitative estimate of drug-likeness (QED) is 0.304. The van der Waals surface area contributed by atoms with Crippen LogP contribution in [0.1, 0.15) is 67.2 Å². The van der Waals surface area contributed by atoms with Crippen molar-refractivity contribution in [1.82, 2.24) is 8.83 Å². The van der Waals surface area contributed by atoms with Crippen molar-refractivity contribution in [3.8, 4) is 0 Å². The zero-order chi connectivity index (χ0) is 27.1. The Balaban J connectivity index is 6.07. The van der Waals surface area contributed by atoms with Crippen molar-refractivity contribution in [2.75, 3.05) is 0 Å². The van der Waals surface area contributed by atoms with E-state index in [-0.39, 0.29) is 19.6 Å². The van der Waals surface area contributed by atoms with Crippen LogP contribution in [0.2, 0.25) is 0 Å². The molecule has 0 unspecified atom stereocenters. The summed E-state index contributed by atoms with van der Waals surface area (Å²) in [6.07, 6.45) is -2.84. The predicted molar refractivity (Wildman–Crippen MR) is 122 cm³/mol. The average molecular weight is 525 g/mol. The maximum atomic E-state index is 12.8. The highest BCUT2D eigenvalue weighted by Gasteiger charge is 2.41. The Kier molecular flexibility index (Phi) is 10.7. The molecule has 14 heteroatoms. The highest BCUT2D eigenvalue weighted by atomic mass is 32.2. The van der Waals surface area contributed by atoms with Crippen LogP contribution in [0.5, 0.6) is 0 Å². The molecule has 0 aliphatic carbocycles. The molecule has 0 saturated carbocycles. The highest BCUT2D eigenvalue weighted by molar-refractivity contribution is 7.95. The van der Waals surface area contributed by atoms with Crippen molar-refractivity contribution in [3.63, 3.8) is 0 Å². The Bertz CT molecular complexity index is 948. The Morgan fingerprint density at radius 3 is 1.12 bits per heavy atom. The summed E-state index contributed by atoms with van der Waals surface area (Å²) in [6.45, 7) is 15.5. The molecule has 0 spiro atoms. The Morgan fingerprint density at radius 2 is 0.912 bits per heavy atom. The monoisotopic (exact) mass is 524 g/mol. The maximum absolute atomic E-state index is 12.8. The van der Waals surface area contributed by atoms with Crippen LogP contribution < -0.4 is 0 Å². The molecule has 0 aromatic heterocycles. The number of sulfonamides is 2. The van der Waals surface area contributed by atoms with Gasteiger partial charge in [-0.2, -0.15) is 16.8 Å². The van der Waals surface area contributed by atoms with E-state index in [0.717, 1.165) is 0 Å². The van der Waals surface area contributed by atoms with Gasteiger partial charge in [0.2, 0.25) is 0 Å². The molecule has 0 saturated heterocycles. The second kappa shape index (κ2) is 11.6. The first-order chi connectivity index (χ1) is 15.2. The topological polar surface area (TPSA) is 162 Å². The normalized spacial score (nSPS) is 12.3. The predicted octanol–water partition coefficient (Wildman–Crippen LogP) is 1.75. The smallest absolute Gasteiger partial charge is 0.306 e. The fraction of sp³-hybridized carbons (Fsp3) is 0.600. The number of nitrogens with zero attached hydrogens (tertiary/aromatic N) is 2. The second-order valence-corrected chi connectivity index (χ2v) is 12.3. The molecule has 0 atom stereocenters. The van der Waals surface area contributed by atoms with E-state index in [0.29, 0.717) is 0 Å². The molecule has 0 aliphatic heterocycles. The molecule has 0 aliphatic rings. The summed E-state index contributed by atoms with van der Waals surface area (Å²) in [5.41, 5.74) is -1.77. The molecule has 12 nitrogen and oxygen atoms in total. The van der Waals surface area contributed by atoms with Gasteiger partial charge in [0.25, 0.3) is 31.9 Å². The van der Waals surface area contributed by atoms with Crippen molar-refractivity contribution in [2.24, 2.45) is 0 Å². The number of ether oxygens (including phenoxy) is 2. The summed E-state index contributed by atoms with van der Waals surface area (Å²) < 4.78 is 59.6. The van der Waals surface area contributed by atoms with Gasteiger partial charge in [-0.05, 0) is 41.5 Å². The van der Waals surface area contributed by atoms with Gasteiger partial charge in [-0.1, -0.05) is 13.2 Å². The SMILES string of the molecule is C=CS(=O)(=O)N(C(=O)CCC(=O)OC(C)(C)C)N(C(=O)CCC(=O)OC(C)(C)C)S(=O)(=O)C=C. The first kappa shape index (κ1) is 31.3. The number of carbonyl (C=O) groups is 4. The second-order valence-electron chi connectivity index (χ2n) is 8.87. The Labute approximate surface area is 200 Å². The molecule has 34 heavy (non-hydrogen) atoms. The lowest BCUT2D eigenvalue weighted by Crippen LogP contribution is -2.54. The number of carbonyl (C=O) groups excluding carboxylic acids is 4. The van der Waals surface area contributed by atoms with Gasteiger partial charge in [-0.3, -0.25) is 19.2 Å². The van der Waals surface area contributed by atoms with Crippen LogP contribution in [-0.4, -0.2) is 60.6 Å². The number of hydrogen-bond donors (Lipinski definition) is 0. The van der Waals surface area contributed by atoms with Crippen LogP contribution >= 0.6 is 0 Å². The average Bonchev–Trinajstić information content (AvgIpc) is 2.65. The molecular formula is C20H32N2O10S2. The first-order valence-electron chi connectivity index (χ1n) is 10.0. The van der Waals surface area contributed by atoms with Crippen molar-refractivity contribution in [1.29, 1.82) is 0 Å². The molecule has 0 aromatic rings. The third-order valence-electron chi connectivity index (χ3n) is 3.42. The molecule has 0 bridgehead atoms. The van der Waals surface area contributed by atoms with Gasteiger partial charge in [0.05, 0.1) is 12.8 Å². The summed E-state index contributed by atoms with van der Waals surface area (Å²) in [7, 11) is -9.78. The molecule has 2 amide bonds. The zero-order valence-corrected chi connectivity index (χ0v) is 21.8. The lowest BCUT2D eigenvalue weighted by Gasteiger charge is -2.31. The van der Waals surface area contributed by atoms with Crippen LogP contribution in [0.4, 0.5) is 0 Å². The lowest BCUT2D eigenvalue weighted by atomic mass is 10.2. The van der Waals surface area contributed by atoms with Gasteiger partial charge in [0.1, 0.15) is 11.2 Å². The molecule has 0 fully saturated rings. The molecule has 0 N–H and O–H groups in total. The van der Waals surface area contributed by atoms with Crippen LogP contribution in [0.15, 0.2) is 24.0 Å². The Hall–Kier alpha value is -2.74. The third kappa shape index (κ3) is 10.5. The number of hydrogen-bond acceptors (Lipinski definition) is 10. The number of hydrazine groups is 1. The molecule has 0 aromatic carbocycles.